The molecule has 0 fully saturated rings. The molecule has 90 valence electrons. The SMILES string of the molecule is CCN(CCO)C(=O)CCCNC(C)C. The van der Waals surface area contributed by atoms with Gasteiger partial charge in [-0.3, -0.25) is 4.79 Å². The molecule has 0 rings (SSSR count). The topological polar surface area (TPSA) is 52.6 Å². The zero-order valence-electron chi connectivity index (χ0n) is 10.1. The van der Waals surface area contributed by atoms with E-state index in [-0.39, 0.29) is 12.5 Å². The third kappa shape index (κ3) is 7.33. The molecule has 0 aliphatic rings. The lowest BCUT2D eigenvalue weighted by molar-refractivity contribution is -0.131. The van der Waals surface area contributed by atoms with Crippen molar-refractivity contribution >= 4 is 5.91 Å². The Morgan fingerprint density at radius 1 is 1.47 bits per heavy atom. The highest BCUT2D eigenvalue weighted by atomic mass is 16.3. The molecule has 0 atom stereocenters. The molecule has 0 aromatic heterocycles. The molecule has 0 unspecified atom stereocenters. The van der Waals surface area contributed by atoms with Gasteiger partial charge in [-0.25, -0.2) is 0 Å². The normalized spacial score (nSPS) is 10.7. The standard InChI is InChI=1S/C11H24N2O2/c1-4-13(8-9-14)11(15)6-5-7-12-10(2)3/h10,12,14H,4-9H2,1-3H3. The largest absolute Gasteiger partial charge is 0.395 e. The van der Waals surface area contributed by atoms with Crippen LogP contribution in [0, 0.1) is 0 Å². The van der Waals surface area contributed by atoms with Crippen molar-refractivity contribution in [3.8, 4) is 0 Å². The molecule has 0 aliphatic carbocycles. The van der Waals surface area contributed by atoms with Gasteiger partial charge >= 0.3 is 0 Å². The minimum atomic E-state index is 0.0455. The van der Waals surface area contributed by atoms with Crippen molar-refractivity contribution in [1.82, 2.24) is 10.2 Å². The van der Waals surface area contributed by atoms with E-state index in [1.807, 2.05) is 6.92 Å². The summed E-state index contributed by atoms with van der Waals surface area (Å²) >= 11 is 0. The summed E-state index contributed by atoms with van der Waals surface area (Å²) in [6.45, 7) is 8.16. The van der Waals surface area contributed by atoms with Gasteiger partial charge in [-0.1, -0.05) is 13.8 Å². The Labute approximate surface area is 92.7 Å². The van der Waals surface area contributed by atoms with Crippen LogP contribution in [0.1, 0.15) is 33.6 Å². The Balaban J connectivity index is 3.62. The number of carbonyl (C=O) groups excluding carboxylic acids is 1. The highest BCUT2D eigenvalue weighted by molar-refractivity contribution is 5.76. The number of aliphatic hydroxyl groups excluding tert-OH is 1. The Hall–Kier alpha value is -0.610. The van der Waals surface area contributed by atoms with E-state index < -0.39 is 0 Å². The first-order chi connectivity index (χ1) is 7.11. The third-order valence-corrected chi connectivity index (χ3v) is 2.22. The van der Waals surface area contributed by atoms with E-state index in [1.54, 1.807) is 4.90 Å². The van der Waals surface area contributed by atoms with Crippen molar-refractivity contribution in [3.63, 3.8) is 0 Å². The van der Waals surface area contributed by atoms with Crippen molar-refractivity contribution in [2.45, 2.75) is 39.7 Å². The van der Waals surface area contributed by atoms with Gasteiger partial charge < -0.3 is 15.3 Å². The molecule has 0 aromatic rings. The van der Waals surface area contributed by atoms with Crippen molar-refractivity contribution in [2.24, 2.45) is 0 Å². The smallest absolute Gasteiger partial charge is 0.222 e. The summed E-state index contributed by atoms with van der Waals surface area (Å²) in [5, 5.41) is 12.0. The molecular weight excluding hydrogens is 192 g/mol. The fourth-order valence-electron chi connectivity index (χ4n) is 1.37. The van der Waals surface area contributed by atoms with Crippen LogP contribution in [0.3, 0.4) is 0 Å². The number of nitrogens with one attached hydrogen (secondary N) is 1. The van der Waals surface area contributed by atoms with Gasteiger partial charge in [0.25, 0.3) is 0 Å². The summed E-state index contributed by atoms with van der Waals surface area (Å²) < 4.78 is 0. The van der Waals surface area contributed by atoms with Crippen LogP contribution in [0.15, 0.2) is 0 Å². The summed E-state index contributed by atoms with van der Waals surface area (Å²) in [6, 6.07) is 0.472. The average molecular weight is 216 g/mol. The zero-order chi connectivity index (χ0) is 11.7. The monoisotopic (exact) mass is 216 g/mol. The number of carbonyl (C=O) groups is 1. The number of amides is 1. The van der Waals surface area contributed by atoms with E-state index in [0.717, 1.165) is 13.0 Å². The molecule has 0 aromatic carbocycles. The lowest BCUT2D eigenvalue weighted by Gasteiger charge is -2.19. The van der Waals surface area contributed by atoms with Crippen LogP contribution >= 0.6 is 0 Å². The Bertz CT molecular complexity index is 172. The first-order valence-corrected chi connectivity index (χ1v) is 5.73. The number of nitrogens with zero attached hydrogens (tertiary/aromatic N) is 1. The van der Waals surface area contributed by atoms with Crippen molar-refractivity contribution in [2.75, 3.05) is 26.2 Å². The average Bonchev–Trinajstić information content (AvgIpc) is 2.20. The molecule has 0 spiro atoms. The second-order valence-corrected chi connectivity index (χ2v) is 3.91. The second kappa shape index (κ2) is 8.68. The molecule has 4 nitrogen and oxygen atoms in total. The van der Waals surface area contributed by atoms with Crippen LogP contribution in [0.25, 0.3) is 0 Å². The summed E-state index contributed by atoms with van der Waals surface area (Å²) in [7, 11) is 0. The minimum Gasteiger partial charge on any atom is -0.395 e. The van der Waals surface area contributed by atoms with Crippen LogP contribution in [-0.2, 0) is 4.79 Å². The molecule has 1 amide bonds. The van der Waals surface area contributed by atoms with Crippen molar-refractivity contribution in [3.05, 3.63) is 0 Å². The second-order valence-electron chi connectivity index (χ2n) is 3.91. The van der Waals surface area contributed by atoms with Gasteiger partial charge in [0.05, 0.1) is 6.61 Å². The van der Waals surface area contributed by atoms with E-state index in [4.69, 9.17) is 5.11 Å². The molecule has 0 radical (unpaired) electrons. The maximum atomic E-state index is 11.6. The fraction of sp³-hybridized carbons (Fsp3) is 0.909. The fourth-order valence-corrected chi connectivity index (χ4v) is 1.37. The molecule has 0 saturated carbocycles. The maximum absolute atomic E-state index is 11.6. The minimum absolute atomic E-state index is 0.0455. The molecule has 15 heavy (non-hydrogen) atoms. The van der Waals surface area contributed by atoms with Crippen molar-refractivity contribution in [1.29, 1.82) is 0 Å². The molecule has 0 heterocycles. The molecule has 0 aliphatic heterocycles. The van der Waals surface area contributed by atoms with Gasteiger partial charge in [0.1, 0.15) is 0 Å². The van der Waals surface area contributed by atoms with Gasteiger partial charge in [-0.05, 0) is 19.9 Å². The van der Waals surface area contributed by atoms with E-state index >= 15 is 0 Å². The molecule has 0 saturated heterocycles. The highest BCUT2D eigenvalue weighted by Crippen LogP contribution is 1.97. The predicted octanol–water partition coefficient (Wildman–Crippen LogP) is 0.605. The summed E-state index contributed by atoms with van der Waals surface area (Å²) in [5.74, 6) is 0.136. The van der Waals surface area contributed by atoms with Crippen LogP contribution in [0.2, 0.25) is 0 Å². The van der Waals surface area contributed by atoms with Crippen LogP contribution in [0.4, 0.5) is 0 Å². The first-order valence-electron chi connectivity index (χ1n) is 5.73. The lowest BCUT2D eigenvalue weighted by Crippen LogP contribution is -2.34. The van der Waals surface area contributed by atoms with E-state index in [2.05, 4.69) is 19.2 Å². The maximum Gasteiger partial charge on any atom is 0.222 e. The Morgan fingerprint density at radius 2 is 2.13 bits per heavy atom. The van der Waals surface area contributed by atoms with Gasteiger partial charge in [0.2, 0.25) is 5.91 Å². The third-order valence-electron chi connectivity index (χ3n) is 2.22. The van der Waals surface area contributed by atoms with Crippen LogP contribution in [-0.4, -0.2) is 48.2 Å². The van der Waals surface area contributed by atoms with Gasteiger partial charge in [-0.2, -0.15) is 0 Å². The van der Waals surface area contributed by atoms with Crippen molar-refractivity contribution < 1.29 is 9.90 Å². The number of rotatable bonds is 8. The van der Waals surface area contributed by atoms with Crippen LogP contribution in [0.5, 0.6) is 0 Å². The van der Waals surface area contributed by atoms with Gasteiger partial charge in [-0.15, -0.1) is 0 Å². The summed E-state index contributed by atoms with van der Waals surface area (Å²) in [5.41, 5.74) is 0. The quantitative estimate of drug-likeness (QED) is 0.584. The molecule has 0 bridgehead atoms. The van der Waals surface area contributed by atoms with E-state index in [9.17, 15) is 4.79 Å². The Morgan fingerprint density at radius 3 is 2.60 bits per heavy atom. The van der Waals surface area contributed by atoms with E-state index in [1.165, 1.54) is 0 Å². The highest BCUT2D eigenvalue weighted by Gasteiger charge is 2.09. The van der Waals surface area contributed by atoms with Gasteiger partial charge in [0.15, 0.2) is 0 Å². The molecule has 4 heteroatoms. The number of aliphatic hydroxyl groups is 1. The number of hydrogen-bond donors (Lipinski definition) is 2. The lowest BCUT2D eigenvalue weighted by atomic mass is 10.2. The van der Waals surface area contributed by atoms with Crippen LogP contribution < -0.4 is 5.32 Å². The van der Waals surface area contributed by atoms with E-state index in [0.29, 0.717) is 25.6 Å². The Kier molecular flexibility index (Phi) is 8.33. The molecule has 2 N–H and O–H groups in total. The zero-order valence-corrected chi connectivity index (χ0v) is 10.1. The van der Waals surface area contributed by atoms with Gasteiger partial charge in [0, 0.05) is 25.6 Å². The summed E-state index contributed by atoms with van der Waals surface area (Å²) in [4.78, 5) is 13.3. The first kappa shape index (κ1) is 14.4. The summed E-state index contributed by atoms with van der Waals surface area (Å²) in [6.07, 6.45) is 1.42. The predicted molar refractivity (Wildman–Crippen MR) is 61.7 cm³/mol. The molecular formula is C11H24N2O2. The number of hydrogen-bond acceptors (Lipinski definition) is 3. The number of likely N-dealkylation sites (N-methyl/N-ethyl adjacent to an activating group) is 1.